The number of para-hydroxylation sites is 1. The highest BCUT2D eigenvalue weighted by molar-refractivity contribution is 5.95. The number of primary amides is 1. The molecule has 210 valence electrons. The van der Waals surface area contributed by atoms with E-state index in [1.54, 1.807) is 45.9 Å². The van der Waals surface area contributed by atoms with Crippen LogP contribution in [0.3, 0.4) is 0 Å². The fourth-order valence-corrected chi connectivity index (χ4v) is 4.42. The van der Waals surface area contributed by atoms with Crippen molar-refractivity contribution in [3.63, 3.8) is 0 Å². The van der Waals surface area contributed by atoms with Crippen LogP contribution >= 0.6 is 0 Å². The topological polar surface area (TPSA) is 151 Å². The lowest BCUT2D eigenvalue weighted by atomic mass is 9.87. The predicted octanol–water partition coefficient (Wildman–Crippen LogP) is 3.21. The van der Waals surface area contributed by atoms with Crippen LogP contribution in [-0.4, -0.2) is 51.5 Å². The molecule has 3 rings (SSSR count). The summed E-state index contributed by atoms with van der Waals surface area (Å²) in [5.74, 6) is -2.08. The Morgan fingerprint density at radius 2 is 1.74 bits per heavy atom. The molecule has 10 heteroatoms. The van der Waals surface area contributed by atoms with Gasteiger partial charge in [-0.25, -0.2) is 4.79 Å². The summed E-state index contributed by atoms with van der Waals surface area (Å²) in [6.45, 7) is 6.92. The van der Waals surface area contributed by atoms with Gasteiger partial charge in [0.1, 0.15) is 23.4 Å². The van der Waals surface area contributed by atoms with Crippen LogP contribution in [0.5, 0.6) is 5.75 Å². The number of nitrogens with zero attached hydrogens (tertiary/aromatic N) is 1. The molecule has 4 amide bonds. The summed E-state index contributed by atoms with van der Waals surface area (Å²) < 4.78 is 5.30. The smallest absolute Gasteiger partial charge is 0.408 e. The predicted molar refractivity (Wildman–Crippen MR) is 145 cm³/mol. The van der Waals surface area contributed by atoms with Crippen LogP contribution in [0.1, 0.15) is 69.2 Å². The molecule has 2 atom stereocenters. The summed E-state index contributed by atoms with van der Waals surface area (Å²) in [6, 6.07) is 11.4. The van der Waals surface area contributed by atoms with E-state index in [0.29, 0.717) is 18.4 Å². The number of nitrogens with one attached hydrogen (secondary N) is 2. The SMILES string of the molecule is Cc1cccc(C(C(=O)NCc2ccccc2)N(C(=O)C(CC(N)=O)NC(=O)OC(C)(C)C)C2CCC2)c1O. The Labute approximate surface area is 228 Å². The van der Waals surface area contributed by atoms with Gasteiger partial charge < -0.3 is 31.1 Å². The second-order valence-corrected chi connectivity index (χ2v) is 10.8. The molecule has 5 N–H and O–H groups in total. The highest BCUT2D eigenvalue weighted by atomic mass is 16.6. The molecule has 1 aliphatic rings. The van der Waals surface area contributed by atoms with Gasteiger partial charge >= 0.3 is 6.09 Å². The first-order chi connectivity index (χ1) is 18.4. The second kappa shape index (κ2) is 12.6. The standard InChI is InChI=1S/C29H38N4O6/c1-18-10-8-15-21(25(18)35)24(26(36)31-17-19-11-6-5-7-12-19)33(20-13-9-14-20)27(37)22(16-23(30)34)32-28(38)39-29(2,3)4/h5-8,10-12,15,20,22,24,35H,9,13-14,16-17H2,1-4H3,(H2,30,34)(H,31,36)(H,32,38). The number of hydrogen-bond donors (Lipinski definition) is 4. The monoisotopic (exact) mass is 538 g/mol. The van der Waals surface area contributed by atoms with Crippen LogP contribution in [-0.2, 0) is 25.7 Å². The van der Waals surface area contributed by atoms with Gasteiger partial charge in [-0.05, 0) is 58.1 Å². The minimum atomic E-state index is -1.37. The second-order valence-electron chi connectivity index (χ2n) is 10.8. The molecule has 0 aliphatic heterocycles. The number of ether oxygens (including phenoxy) is 1. The number of carbonyl (C=O) groups is 4. The number of amides is 4. The lowest BCUT2D eigenvalue weighted by molar-refractivity contribution is -0.148. The minimum absolute atomic E-state index is 0.110. The summed E-state index contributed by atoms with van der Waals surface area (Å²) in [6.07, 6.45) is 0.707. The van der Waals surface area contributed by atoms with E-state index in [2.05, 4.69) is 10.6 Å². The number of rotatable bonds is 10. The highest BCUT2D eigenvalue weighted by Crippen LogP contribution is 2.38. The van der Waals surface area contributed by atoms with Crippen molar-refractivity contribution in [2.75, 3.05) is 0 Å². The summed E-state index contributed by atoms with van der Waals surface area (Å²) in [4.78, 5) is 53.8. The van der Waals surface area contributed by atoms with Crippen molar-refractivity contribution in [3.8, 4) is 5.75 Å². The number of phenolic OH excluding ortho intramolecular Hbond substituents is 1. The molecule has 1 aliphatic carbocycles. The fraction of sp³-hybridized carbons (Fsp3) is 0.448. The molecule has 0 radical (unpaired) electrons. The van der Waals surface area contributed by atoms with E-state index in [1.165, 1.54) is 4.90 Å². The van der Waals surface area contributed by atoms with Gasteiger partial charge in [0.25, 0.3) is 0 Å². The van der Waals surface area contributed by atoms with Gasteiger partial charge in [-0.15, -0.1) is 0 Å². The third kappa shape index (κ3) is 7.95. The van der Waals surface area contributed by atoms with Gasteiger partial charge in [0, 0.05) is 18.2 Å². The molecule has 1 fully saturated rings. The lowest BCUT2D eigenvalue weighted by Crippen LogP contribution is -2.58. The van der Waals surface area contributed by atoms with Crippen molar-refractivity contribution in [1.29, 1.82) is 0 Å². The molecular weight excluding hydrogens is 500 g/mol. The zero-order valence-electron chi connectivity index (χ0n) is 22.9. The maximum Gasteiger partial charge on any atom is 0.408 e. The zero-order chi connectivity index (χ0) is 28.7. The van der Waals surface area contributed by atoms with Crippen molar-refractivity contribution >= 4 is 23.8 Å². The van der Waals surface area contributed by atoms with Gasteiger partial charge in [0.2, 0.25) is 17.7 Å². The number of hydrogen-bond acceptors (Lipinski definition) is 6. The van der Waals surface area contributed by atoms with Crippen LogP contribution < -0.4 is 16.4 Å². The van der Waals surface area contributed by atoms with Crippen LogP contribution in [0.4, 0.5) is 4.79 Å². The third-order valence-corrected chi connectivity index (χ3v) is 6.52. The Balaban J connectivity index is 2.01. The van der Waals surface area contributed by atoms with E-state index in [-0.39, 0.29) is 23.9 Å². The first kappa shape index (κ1) is 29.5. The van der Waals surface area contributed by atoms with Crippen molar-refractivity contribution in [3.05, 3.63) is 65.2 Å². The molecule has 1 saturated carbocycles. The Kier molecular flexibility index (Phi) is 9.56. The van der Waals surface area contributed by atoms with E-state index in [9.17, 15) is 24.3 Å². The first-order valence-electron chi connectivity index (χ1n) is 13.1. The molecule has 0 saturated heterocycles. The van der Waals surface area contributed by atoms with E-state index in [0.717, 1.165) is 12.0 Å². The lowest BCUT2D eigenvalue weighted by Gasteiger charge is -2.43. The molecule has 10 nitrogen and oxygen atoms in total. The van der Waals surface area contributed by atoms with E-state index >= 15 is 0 Å². The summed E-state index contributed by atoms with van der Waals surface area (Å²) in [7, 11) is 0. The maximum absolute atomic E-state index is 14.1. The molecule has 39 heavy (non-hydrogen) atoms. The first-order valence-corrected chi connectivity index (χ1v) is 13.1. The number of carbonyl (C=O) groups excluding carboxylic acids is 4. The van der Waals surface area contributed by atoms with Crippen molar-refractivity contribution in [1.82, 2.24) is 15.5 Å². The number of benzene rings is 2. The quantitative estimate of drug-likeness (QED) is 0.365. The van der Waals surface area contributed by atoms with Crippen molar-refractivity contribution < 1.29 is 29.0 Å². The van der Waals surface area contributed by atoms with Crippen molar-refractivity contribution in [2.45, 2.75) is 83.6 Å². The Morgan fingerprint density at radius 1 is 1.08 bits per heavy atom. The van der Waals surface area contributed by atoms with E-state index in [4.69, 9.17) is 10.5 Å². The van der Waals surface area contributed by atoms with Crippen LogP contribution in [0, 0.1) is 6.92 Å². The summed E-state index contributed by atoms with van der Waals surface area (Å²) >= 11 is 0. The fourth-order valence-electron chi connectivity index (χ4n) is 4.42. The summed E-state index contributed by atoms with van der Waals surface area (Å²) in [5, 5.41) is 16.3. The van der Waals surface area contributed by atoms with E-state index < -0.39 is 47.9 Å². The van der Waals surface area contributed by atoms with Crippen LogP contribution in [0.2, 0.25) is 0 Å². The molecule has 0 spiro atoms. The normalized spacial score (nSPS) is 14.9. The number of aromatic hydroxyl groups is 1. The average molecular weight is 539 g/mol. The third-order valence-electron chi connectivity index (χ3n) is 6.52. The Bertz CT molecular complexity index is 1190. The van der Waals surface area contributed by atoms with Gasteiger partial charge in [0.05, 0.1) is 6.42 Å². The molecular formula is C29H38N4O6. The van der Waals surface area contributed by atoms with Crippen molar-refractivity contribution in [2.24, 2.45) is 5.73 Å². The van der Waals surface area contributed by atoms with Gasteiger partial charge in [-0.2, -0.15) is 0 Å². The minimum Gasteiger partial charge on any atom is -0.507 e. The highest BCUT2D eigenvalue weighted by Gasteiger charge is 2.43. The number of phenols is 1. The number of nitrogens with two attached hydrogens (primary N) is 1. The molecule has 0 bridgehead atoms. The molecule has 0 aromatic heterocycles. The maximum atomic E-state index is 14.1. The van der Waals surface area contributed by atoms with Gasteiger partial charge in [-0.1, -0.05) is 48.5 Å². The molecule has 2 aromatic carbocycles. The van der Waals surface area contributed by atoms with Gasteiger partial charge in [-0.3, -0.25) is 14.4 Å². The number of alkyl carbamates (subject to hydrolysis) is 1. The van der Waals surface area contributed by atoms with Gasteiger partial charge in [0.15, 0.2) is 0 Å². The Hall–Kier alpha value is -4.08. The van der Waals surface area contributed by atoms with Crippen LogP contribution in [0.25, 0.3) is 0 Å². The Morgan fingerprint density at radius 3 is 2.31 bits per heavy atom. The molecule has 0 heterocycles. The molecule has 2 unspecified atom stereocenters. The largest absolute Gasteiger partial charge is 0.507 e. The number of aryl methyl sites for hydroxylation is 1. The van der Waals surface area contributed by atoms with E-state index in [1.807, 2.05) is 30.3 Å². The summed E-state index contributed by atoms with van der Waals surface area (Å²) in [5.41, 5.74) is 6.24. The average Bonchev–Trinajstić information content (AvgIpc) is 2.82. The molecule has 2 aromatic rings. The zero-order valence-corrected chi connectivity index (χ0v) is 22.9. The van der Waals surface area contributed by atoms with Crippen LogP contribution in [0.15, 0.2) is 48.5 Å².